The molecule has 0 aliphatic carbocycles. The van der Waals surface area contributed by atoms with Gasteiger partial charge in [0, 0.05) is 16.8 Å². The lowest BCUT2D eigenvalue weighted by Crippen LogP contribution is -2.26. The van der Waals surface area contributed by atoms with E-state index in [0.29, 0.717) is 5.75 Å². The van der Waals surface area contributed by atoms with Gasteiger partial charge in [-0.05, 0) is 25.1 Å². The van der Waals surface area contributed by atoms with Crippen LogP contribution in [0.4, 0.5) is 5.69 Å². The molecule has 1 atom stereocenters. The molecule has 122 valence electrons. The van der Waals surface area contributed by atoms with E-state index in [1.807, 2.05) is 41.9 Å². The van der Waals surface area contributed by atoms with Crippen molar-refractivity contribution >= 4 is 5.69 Å². The average Bonchev–Trinajstić information content (AvgIpc) is 3.02. The van der Waals surface area contributed by atoms with Crippen LogP contribution in [0.25, 0.3) is 11.3 Å². The van der Waals surface area contributed by atoms with Crippen LogP contribution in [0, 0.1) is 6.92 Å². The van der Waals surface area contributed by atoms with Crippen LogP contribution in [0.1, 0.15) is 17.4 Å². The largest absolute Gasteiger partial charge is 0.493 e. The van der Waals surface area contributed by atoms with Crippen molar-refractivity contribution in [2.75, 3.05) is 19.5 Å². The van der Waals surface area contributed by atoms with Gasteiger partial charge in [0.1, 0.15) is 0 Å². The number of anilines is 1. The Morgan fingerprint density at radius 3 is 2.67 bits per heavy atom. The highest BCUT2D eigenvalue weighted by Gasteiger charge is 2.29. The molecule has 5 heteroatoms. The van der Waals surface area contributed by atoms with E-state index >= 15 is 0 Å². The summed E-state index contributed by atoms with van der Waals surface area (Å²) >= 11 is 0. The quantitative estimate of drug-likeness (QED) is 0.796. The van der Waals surface area contributed by atoms with E-state index < -0.39 is 0 Å². The first-order chi connectivity index (χ1) is 11.7. The van der Waals surface area contributed by atoms with Gasteiger partial charge in [-0.3, -0.25) is 0 Å². The molecular formula is C19H19N3O2. The maximum absolute atomic E-state index is 5.62. The maximum atomic E-state index is 5.62. The van der Waals surface area contributed by atoms with Crippen molar-refractivity contribution in [2.45, 2.75) is 13.1 Å². The average molecular weight is 321 g/mol. The zero-order valence-corrected chi connectivity index (χ0v) is 13.9. The highest BCUT2D eigenvalue weighted by atomic mass is 16.5. The molecule has 3 aromatic rings. The van der Waals surface area contributed by atoms with Crippen LogP contribution < -0.4 is 14.8 Å². The van der Waals surface area contributed by atoms with Crippen molar-refractivity contribution in [1.29, 1.82) is 0 Å². The van der Waals surface area contributed by atoms with Gasteiger partial charge in [0.15, 0.2) is 17.7 Å². The minimum Gasteiger partial charge on any atom is -0.493 e. The van der Waals surface area contributed by atoms with Gasteiger partial charge >= 0.3 is 0 Å². The van der Waals surface area contributed by atoms with E-state index in [1.54, 1.807) is 14.2 Å². The van der Waals surface area contributed by atoms with Crippen molar-refractivity contribution in [2.24, 2.45) is 0 Å². The number of methoxy groups -OCH3 is 2. The molecule has 4 rings (SSSR count). The second-order valence-corrected chi connectivity index (χ2v) is 5.79. The Labute approximate surface area is 140 Å². The molecule has 0 radical (unpaired) electrons. The van der Waals surface area contributed by atoms with Gasteiger partial charge in [-0.2, -0.15) is 5.10 Å². The van der Waals surface area contributed by atoms with Crippen LogP contribution >= 0.6 is 0 Å². The Kier molecular flexibility index (Phi) is 3.41. The molecule has 1 aliphatic rings. The van der Waals surface area contributed by atoms with E-state index in [-0.39, 0.29) is 6.17 Å². The number of hydrogen-bond donors (Lipinski definition) is 1. The van der Waals surface area contributed by atoms with E-state index in [9.17, 15) is 0 Å². The Bertz CT molecular complexity index is 901. The number of benzene rings is 2. The monoisotopic (exact) mass is 321 g/mol. The van der Waals surface area contributed by atoms with Crippen LogP contribution in [-0.4, -0.2) is 24.0 Å². The molecule has 1 N–H and O–H groups in total. The molecule has 5 nitrogen and oxygen atoms in total. The van der Waals surface area contributed by atoms with Gasteiger partial charge in [-0.1, -0.05) is 30.3 Å². The summed E-state index contributed by atoms with van der Waals surface area (Å²) in [5, 5.41) is 8.27. The minimum atomic E-state index is -0.159. The molecule has 1 unspecified atom stereocenters. The lowest BCUT2D eigenvalue weighted by atomic mass is 10.0. The zero-order valence-electron chi connectivity index (χ0n) is 13.9. The van der Waals surface area contributed by atoms with E-state index in [0.717, 1.165) is 34.0 Å². The summed E-state index contributed by atoms with van der Waals surface area (Å²) in [5.41, 5.74) is 5.29. The van der Waals surface area contributed by atoms with Gasteiger partial charge in [0.2, 0.25) is 0 Å². The number of hydrogen-bond acceptors (Lipinski definition) is 4. The molecule has 0 saturated heterocycles. The number of nitrogens with one attached hydrogen (secondary N) is 1. The number of aromatic nitrogens is 2. The van der Waals surface area contributed by atoms with Crippen molar-refractivity contribution in [1.82, 2.24) is 9.78 Å². The fraction of sp³-hybridized carbons (Fsp3) is 0.211. The zero-order chi connectivity index (χ0) is 16.7. The van der Waals surface area contributed by atoms with Crippen LogP contribution in [0.2, 0.25) is 0 Å². The third kappa shape index (κ3) is 2.12. The van der Waals surface area contributed by atoms with Crippen LogP contribution in [0.3, 0.4) is 0 Å². The van der Waals surface area contributed by atoms with Crippen molar-refractivity contribution < 1.29 is 9.47 Å². The Morgan fingerprint density at radius 2 is 1.88 bits per heavy atom. The minimum absolute atomic E-state index is 0.159. The molecule has 0 saturated carbocycles. The number of para-hydroxylation sites is 2. The standard InChI is InChI=1S/C19H19N3O2/c1-12-11-16-13-7-4-5-9-15(13)20-19(22(16)21-12)14-8-6-10-17(23-2)18(14)24-3/h4-11,19-20H,1-3H3. The van der Waals surface area contributed by atoms with E-state index in [2.05, 4.69) is 23.5 Å². The highest BCUT2D eigenvalue weighted by Crippen LogP contribution is 2.42. The van der Waals surface area contributed by atoms with Crippen LogP contribution in [-0.2, 0) is 0 Å². The lowest BCUT2D eigenvalue weighted by molar-refractivity contribution is 0.347. The number of ether oxygens (including phenoxy) is 2. The third-order valence-corrected chi connectivity index (χ3v) is 4.33. The number of rotatable bonds is 3. The van der Waals surface area contributed by atoms with Crippen molar-refractivity contribution in [3.8, 4) is 22.8 Å². The third-order valence-electron chi connectivity index (χ3n) is 4.33. The molecule has 2 aromatic carbocycles. The van der Waals surface area contributed by atoms with Gasteiger partial charge in [0.25, 0.3) is 0 Å². The first-order valence-electron chi connectivity index (χ1n) is 7.86. The second-order valence-electron chi connectivity index (χ2n) is 5.79. The molecule has 2 heterocycles. The molecule has 24 heavy (non-hydrogen) atoms. The predicted molar refractivity (Wildman–Crippen MR) is 93.7 cm³/mol. The van der Waals surface area contributed by atoms with Gasteiger partial charge in [0.05, 0.1) is 25.6 Å². The molecular weight excluding hydrogens is 302 g/mol. The Balaban J connectivity index is 1.92. The summed E-state index contributed by atoms with van der Waals surface area (Å²) in [5.74, 6) is 1.43. The van der Waals surface area contributed by atoms with Crippen LogP contribution in [0.15, 0.2) is 48.5 Å². The Morgan fingerprint density at radius 1 is 1.04 bits per heavy atom. The number of aryl methyl sites for hydroxylation is 1. The fourth-order valence-electron chi connectivity index (χ4n) is 3.29. The second kappa shape index (κ2) is 5.60. The normalized spacial score (nSPS) is 15.2. The highest BCUT2D eigenvalue weighted by molar-refractivity contribution is 5.79. The van der Waals surface area contributed by atoms with Crippen LogP contribution in [0.5, 0.6) is 11.5 Å². The molecule has 1 aromatic heterocycles. The number of nitrogens with zero attached hydrogens (tertiary/aromatic N) is 2. The van der Waals surface area contributed by atoms with Crippen molar-refractivity contribution in [3.63, 3.8) is 0 Å². The first-order valence-corrected chi connectivity index (χ1v) is 7.86. The Hall–Kier alpha value is -2.95. The predicted octanol–water partition coefficient (Wildman–Crippen LogP) is 3.85. The number of fused-ring (bicyclic) bond motifs is 3. The molecule has 0 amide bonds. The summed E-state index contributed by atoms with van der Waals surface area (Å²) in [4.78, 5) is 0. The topological polar surface area (TPSA) is 48.3 Å². The summed E-state index contributed by atoms with van der Waals surface area (Å²) in [6.45, 7) is 2.01. The SMILES string of the molecule is COc1cccc(C2Nc3ccccc3-c3cc(C)nn32)c1OC. The summed E-state index contributed by atoms with van der Waals surface area (Å²) in [6.07, 6.45) is -0.159. The molecule has 0 bridgehead atoms. The maximum Gasteiger partial charge on any atom is 0.167 e. The van der Waals surface area contributed by atoms with Gasteiger partial charge in [-0.15, -0.1) is 0 Å². The van der Waals surface area contributed by atoms with Crippen molar-refractivity contribution in [3.05, 3.63) is 59.8 Å². The molecule has 1 aliphatic heterocycles. The summed E-state index contributed by atoms with van der Waals surface area (Å²) in [6, 6.07) is 16.3. The van der Waals surface area contributed by atoms with E-state index in [1.165, 1.54) is 0 Å². The van der Waals surface area contributed by atoms with Gasteiger partial charge < -0.3 is 14.8 Å². The first kappa shape index (κ1) is 14.6. The molecule has 0 spiro atoms. The lowest BCUT2D eigenvalue weighted by Gasteiger charge is -2.30. The summed E-state index contributed by atoms with van der Waals surface area (Å²) < 4.78 is 13.1. The molecule has 0 fully saturated rings. The fourth-order valence-corrected chi connectivity index (χ4v) is 3.29. The van der Waals surface area contributed by atoms with Gasteiger partial charge in [-0.25, -0.2) is 4.68 Å². The summed E-state index contributed by atoms with van der Waals surface area (Å²) in [7, 11) is 3.31. The van der Waals surface area contributed by atoms with E-state index in [4.69, 9.17) is 14.6 Å². The smallest absolute Gasteiger partial charge is 0.167 e.